The van der Waals surface area contributed by atoms with Crippen LogP contribution in [0.5, 0.6) is 5.75 Å². The van der Waals surface area contributed by atoms with E-state index in [9.17, 15) is 0 Å². The molecule has 1 aromatic heterocycles. The van der Waals surface area contributed by atoms with Gasteiger partial charge in [-0.25, -0.2) is 9.98 Å². The summed E-state index contributed by atoms with van der Waals surface area (Å²) in [6.45, 7) is 11.2. The quantitative estimate of drug-likeness (QED) is 0.253. The molecule has 0 aliphatic carbocycles. The number of nitrogens with one attached hydrogen (secondary N) is 2. The van der Waals surface area contributed by atoms with E-state index >= 15 is 0 Å². The van der Waals surface area contributed by atoms with E-state index < -0.39 is 0 Å². The highest BCUT2D eigenvalue weighted by atomic mass is 127. The molecular weight excluding hydrogens is 459 g/mol. The van der Waals surface area contributed by atoms with Crippen LogP contribution < -0.4 is 15.4 Å². The number of nitrogens with zero attached hydrogens (tertiary/aromatic N) is 2. The fraction of sp³-hybridized carbons (Fsp3) is 0.474. The molecule has 0 atom stereocenters. The molecule has 2 aromatic rings. The van der Waals surface area contributed by atoms with Gasteiger partial charge in [0, 0.05) is 18.0 Å². The van der Waals surface area contributed by atoms with Crippen molar-refractivity contribution in [1.29, 1.82) is 0 Å². The number of guanidine groups is 1. The maximum absolute atomic E-state index is 5.74. The molecule has 2 rings (SSSR count). The van der Waals surface area contributed by atoms with Gasteiger partial charge in [-0.2, -0.15) is 0 Å². The molecule has 1 aromatic carbocycles. The fourth-order valence-corrected chi connectivity index (χ4v) is 3.06. The number of rotatable bonds is 8. The van der Waals surface area contributed by atoms with E-state index in [4.69, 9.17) is 4.74 Å². The molecule has 0 aliphatic rings. The summed E-state index contributed by atoms with van der Waals surface area (Å²) in [7, 11) is 0. The van der Waals surface area contributed by atoms with Gasteiger partial charge in [-0.15, -0.1) is 35.3 Å². The van der Waals surface area contributed by atoms with E-state index in [0.717, 1.165) is 41.9 Å². The second-order valence-corrected chi connectivity index (χ2v) is 7.17. The van der Waals surface area contributed by atoms with Crippen molar-refractivity contribution >= 4 is 41.3 Å². The third-order valence-corrected chi connectivity index (χ3v) is 4.75. The molecule has 26 heavy (non-hydrogen) atoms. The summed E-state index contributed by atoms with van der Waals surface area (Å²) in [5.74, 6) is 1.74. The van der Waals surface area contributed by atoms with Crippen molar-refractivity contribution in [2.24, 2.45) is 4.99 Å². The van der Waals surface area contributed by atoms with Crippen molar-refractivity contribution in [3.05, 3.63) is 45.4 Å². The Morgan fingerprint density at radius 1 is 1.15 bits per heavy atom. The molecular formula is C19H29IN4OS. The number of hydrogen-bond donors (Lipinski definition) is 2. The summed E-state index contributed by atoms with van der Waals surface area (Å²) in [5.41, 5.74) is 2.34. The van der Waals surface area contributed by atoms with E-state index in [1.54, 1.807) is 11.3 Å². The molecule has 0 aliphatic heterocycles. The predicted octanol–water partition coefficient (Wildman–Crippen LogP) is 4.21. The summed E-state index contributed by atoms with van der Waals surface area (Å²) >= 11 is 1.71. The first-order chi connectivity index (χ1) is 12.1. The van der Waals surface area contributed by atoms with Crippen molar-refractivity contribution in [1.82, 2.24) is 15.6 Å². The van der Waals surface area contributed by atoms with Crippen LogP contribution in [0, 0.1) is 20.8 Å². The van der Waals surface area contributed by atoms with Gasteiger partial charge in [-0.1, -0.05) is 17.7 Å². The molecule has 0 bridgehead atoms. The minimum absolute atomic E-state index is 0. The maximum atomic E-state index is 5.74. The molecule has 0 spiro atoms. The van der Waals surface area contributed by atoms with Crippen LogP contribution in [-0.4, -0.2) is 30.6 Å². The van der Waals surface area contributed by atoms with Gasteiger partial charge in [-0.3, -0.25) is 0 Å². The third kappa shape index (κ3) is 7.90. The van der Waals surface area contributed by atoms with Crippen molar-refractivity contribution in [2.45, 2.75) is 40.7 Å². The van der Waals surface area contributed by atoms with E-state index in [2.05, 4.69) is 53.5 Å². The Hall–Kier alpha value is -1.35. The first-order valence-electron chi connectivity index (χ1n) is 8.73. The Balaban J connectivity index is 0.00000338. The number of aryl methyl sites for hydroxylation is 3. The Kier molecular flexibility index (Phi) is 10.6. The largest absolute Gasteiger partial charge is 0.494 e. The number of thiazole rings is 1. The molecule has 0 saturated heterocycles. The van der Waals surface area contributed by atoms with E-state index in [0.29, 0.717) is 13.2 Å². The van der Waals surface area contributed by atoms with Crippen LogP contribution in [0.2, 0.25) is 0 Å². The highest BCUT2D eigenvalue weighted by Crippen LogP contribution is 2.16. The van der Waals surface area contributed by atoms with E-state index in [1.807, 2.05) is 19.1 Å². The first kappa shape index (κ1) is 22.7. The van der Waals surface area contributed by atoms with Gasteiger partial charge in [0.2, 0.25) is 0 Å². The van der Waals surface area contributed by atoms with Crippen molar-refractivity contribution < 1.29 is 4.74 Å². The van der Waals surface area contributed by atoms with Gasteiger partial charge in [0.1, 0.15) is 10.8 Å². The lowest BCUT2D eigenvalue weighted by atomic mass is 10.2. The van der Waals surface area contributed by atoms with Crippen molar-refractivity contribution in [2.75, 3.05) is 19.7 Å². The zero-order chi connectivity index (χ0) is 18.1. The Labute approximate surface area is 177 Å². The summed E-state index contributed by atoms with van der Waals surface area (Å²) < 4.78 is 5.74. The Morgan fingerprint density at radius 3 is 2.50 bits per heavy atom. The lowest BCUT2D eigenvalue weighted by molar-refractivity contribution is 0.311. The first-order valence-corrected chi connectivity index (χ1v) is 9.54. The predicted molar refractivity (Wildman–Crippen MR) is 121 cm³/mol. The molecule has 7 heteroatoms. The molecule has 0 amide bonds. The standard InChI is InChI=1S/C19H28N4OS.HI/c1-5-20-19(22-13-18-23-15(3)16(4)25-18)21-11-6-12-24-17-9-7-14(2)8-10-17;/h7-10H,5-6,11-13H2,1-4H3,(H2,20,21,22);1H. The van der Waals surface area contributed by atoms with Gasteiger partial charge in [0.05, 0.1) is 18.8 Å². The molecule has 0 unspecified atom stereocenters. The number of aliphatic imine (C=N–C) groups is 1. The molecule has 0 radical (unpaired) electrons. The average molecular weight is 488 g/mol. The Bertz CT molecular complexity index is 666. The third-order valence-electron chi connectivity index (χ3n) is 3.69. The number of halogens is 1. The van der Waals surface area contributed by atoms with Crippen molar-refractivity contribution in [3.8, 4) is 5.75 Å². The normalized spacial score (nSPS) is 11.0. The van der Waals surface area contributed by atoms with E-state index in [1.165, 1.54) is 10.4 Å². The topological polar surface area (TPSA) is 58.5 Å². The maximum Gasteiger partial charge on any atom is 0.191 e. The lowest BCUT2D eigenvalue weighted by Gasteiger charge is -2.11. The van der Waals surface area contributed by atoms with Crippen LogP contribution in [0.3, 0.4) is 0 Å². The van der Waals surface area contributed by atoms with E-state index in [-0.39, 0.29) is 24.0 Å². The van der Waals surface area contributed by atoms with Crippen LogP contribution in [0.1, 0.15) is 34.5 Å². The van der Waals surface area contributed by atoms with Crippen LogP contribution >= 0.6 is 35.3 Å². The van der Waals surface area contributed by atoms with Gasteiger partial charge in [-0.05, 0) is 46.2 Å². The van der Waals surface area contributed by atoms with Gasteiger partial charge in [0.15, 0.2) is 5.96 Å². The van der Waals surface area contributed by atoms with Gasteiger partial charge < -0.3 is 15.4 Å². The zero-order valence-electron chi connectivity index (χ0n) is 16.0. The summed E-state index contributed by atoms with van der Waals surface area (Å²) in [6, 6.07) is 8.13. The monoisotopic (exact) mass is 488 g/mol. The van der Waals surface area contributed by atoms with Crippen molar-refractivity contribution in [3.63, 3.8) is 0 Å². The average Bonchev–Trinajstić information content (AvgIpc) is 2.92. The summed E-state index contributed by atoms with van der Waals surface area (Å²) in [6.07, 6.45) is 0.910. The molecule has 1 heterocycles. The second-order valence-electron chi connectivity index (χ2n) is 5.89. The minimum atomic E-state index is 0. The van der Waals surface area contributed by atoms with Crippen LogP contribution in [0.25, 0.3) is 0 Å². The molecule has 5 nitrogen and oxygen atoms in total. The number of benzene rings is 1. The van der Waals surface area contributed by atoms with Gasteiger partial charge in [0.25, 0.3) is 0 Å². The molecule has 2 N–H and O–H groups in total. The molecule has 0 fully saturated rings. The fourth-order valence-electron chi connectivity index (χ4n) is 2.20. The number of hydrogen-bond acceptors (Lipinski definition) is 4. The summed E-state index contributed by atoms with van der Waals surface area (Å²) in [4.78, 5) is 10.4. The molecule has 144 valence electrons. The second kappa shape index (κ2) is 12.1. The molecule has 0 saturated carbocycles. The van der Waals surface area contributed by atoms with Crippen LogP contribution in [0.15, 0.2) is 29.3 Å². The highest BCUT2D eigenvalue weighted by Gasteiger charge is 2.03. The van der Waals surface area contributed by atoms with Crippen LogP contribution in [-0.2, 0) is 6.54 Å². The number of aromatic nitrogens is 1. The minimum Gasteiger partial charge on any atom is -0.494 e. The zero-order valence-corrected chi connectivity index (χ0v) is 19.1. The lowest BCUT2D eigenvalue weighted by Crippen LogP contribution is -2.38. The SMILES string of the molecule is CCNC(=NCc1nc(C)c(C)s1)NCCCOc1ccc(C)cc1.I. The smallest absolute Gasteiger partial charge is 0.191 e. The summed E-state index contributed by atoms with van der Waals surface area (Å²) in [5, 5.41) is 7.66. The van der Waals surface area contributed by atoms with Gasteiger partial charge >= 0.3 is 0 Å². The Morgan fingerprint density at radius 2 is 1.88 bits per heavy atom. The highest BCUT2D eigenvalue weighted by molar-refractivity contribution is 14.0. The number of ether oxygens (including phenoxy) is 1. The van der Waals surface area contributed by atoms with Crippen LogP contribution in [0.4, 0.5) is 0 Å².